The Morgan fingerprint density at radius 1 is 1.14 bits per heavy atom. The summed E-state index contributed by atoms with van der Waals surface area (Å²) in [5.41, 5.74) is 0.163. The fraction of sp³-hybridized carbons (Fsp3) is 0.154. The zero-order chi connectivity index (χ0) is 15.5. The summed E-state index contributed by atoms with van der Waals surface area (Å²) in [7, 11) is 0. The highest BCUT2D eigenvalue weighted by molar-refractivity contribution is 7.13. The fourth-order valence-corrected chi connectivity index (χ4v) is 3.61. The first-order valence-electron chi connectivity index (χ1n) is 6.34. The Hall–Kier alpha value is -1.41. The summed E-state index contributed by atoms with van der Waals surface area (Å²) in [6.07, 6.45) is 0. The molecule has 22 heavy (non-hydrogen) atoms. The largest absolute Gasteiger partial charge is 0.367 e. The minimum Gasteiger partial charge on any atom is -0.367 e. The molecule has 0 unspecified atom stereocenters. The quantitative estimate of drug-likeness (QED) is 0.666. The first-order valence-corrected chi connectivity index (χ1v) is 8.64. The van der Waals surface area contributed by atoms with Gasteiger partial charge in [-0.1, -0.05) is 35.3 Å². The molecule has 1 aromatic carbocycles. The van der Waals surface area contributed by atoms with Crippen LogP contribution in [0.25, 0.3) is 10.1 Å². The van der Waals surface area contributed by atoms with E-state index in [9.17, 15) is 4.79 Å². The first kappa shape index (κ1) is 15.5. The molecule has 2 heterocycles. The zero-order valence-corrected chi connectivity index (χ0v) is 14.2. The molecule has 0 spiro atoms. The Morgan fingerprint density at radius 2 is 1.95 bits per heavy atom. The van der Waals surface area contributed by atoms with E-state index in [2.05, 4.69) is 19.4 Å². The molecule has 1 amide bonds. The average molecular weight is 373 g/mol. The summed E-state index contributed by atoms with van der Waals surface area (Å²) in [4.78, 5) is 11.9. The van der Waals surface area contributed by atoms with E-state index in [1.807, 2.05) is 24.3 Å². The minimum atomic E-state index is -0.335. The first-order chi connectivity index (χ1) is 10.7. The van der Waals surface area contributed by atoms with Gasteiger partial charge < -0.3 is 10.6 Å². The third-order valence-electron chi connectivity index (χ3n) is 2.89. The van der Waals surface area contributed by atoms with E-state index in [1.165, 1.54) is 11.5 Å². The van der Waals surface area contributed by atoms with Gasteiger partial charge in [-0.05, 0) is 35.2 Å². The third kappa shape index (κ3) is 3.17. The normalized spacial score (nSPS) is 10.8. The number of amides is 1. The number of hydrogen-bond donors (Lipinski definition) is 2. The number of rotatable bonds is 5. The average Bonchev–Trinajstić information content (AvgIpc) is 3.08. The lowest BCUT2D eigenvalue weighted by Crippen LogP contribution is -2.29. The Morgan fingerprint density at radius 3 is 2.73 bits per heavy atom. The maximum absolute atomic E-state index is 11.9. The molecule has 114 valence electrons. The molecule has 3 aromatic rings. The number of anilines is 1. The van der Waals surface area contributed by atoms with E-state index >= 15 is 0 Å². The summed E-state index contributed by atoms with van der Waals surface area (Å²) >= 11 is 14.1. The summed E-state index contributed by atoms with van der Waals surface area (Å²) in [6.45, 7) is 0.977. The van der Waals surface area contributed by atoms with Crippen LogP contribution in [0.2, 0.25) is 9.36 Å². The lowest BCUT2D eigenvalue weighted by Gasteiger charge is -2.05. The SMILES string of the molecule is O=C(NCCNc1nsc2ccccc12)c1nsc(Cl)c1Cl. The third-order valence-corrected chi connectivity index (χ3v) is 5.33. The van der Waals surface area contributed by atoms with Crippen molar-refractivity contribution in [1.29, 1.82) is 0 Å². The van der Waals surface area contributed by atoms with Gasteiger partial charge in [-0.3, -0.25) is 4.79 Å². The molecule has 2 N–H and O–H groups in total. The van der Waals surface area contributed by atoms with Gasteiger partial charge in [-0.2, -0.15) is 8.75 Å². The summed E-state index contributed by atoms with van der Waals surface area (Å²) < 4.78 is 9.72. The summed E-state index contributed by atoms with van der Waals surface area (Å²) in [5.74, 6) is 0.489. The molecule has 0 aliphatic rings. The van der Waals surface area contributed by atoms with Crippen LogP contribution in [-0.4, -0.2) is 27.7 Å². The van der Waals surface area contributed by atoms with E-state index in [4.69, 9.17) is 23.2 Å². The molecule has 0 bridgehead atoms. The minimum absolute atomic E-state index is 0.163. The monoisotopic (exact) mass is 372 g/mol. The van der Waals surface area contributed by atoms with Crippen LogP contribution in [-0.2, 0) is 0 Å². The van der Waals surface area contributed by atoms with Crippen molar-refractivity contribution in [3.05, 3.63) is 39.3 Å². The highest BCUT2D eigenvalue weighted by Gasteiger charge is 2.16. The van der Waals surface area contributed by atoms with Gasteiger partial charge in [-0.25, -0.2) is 0 Å². The van der Waals surface area contributed by atoms with Gasteiger partial charge in [0.2, 0.25) is 0 Å². The predicted molar refractivity (Wildman–Crippen MR) is 92.6 cm³/mol. The summed E-state index contributed by atoms with van der Waals surface area (Å²) in [6, 6.07) is 7.98. The van der Waals surface area contributed by atoms with Crippen molar-refractivity contribution in [2.75, 3.05) is 18.4 Å². The van der Waals surface area contributed by atoms with E-state index in [0.717, 1.165) is 27.4 Å². The Balaban J connectivity index is 1.53. The highest BCUT2D eigenvalue weighted by Crippen LogP contribution is 2.29. The van der Waals surface area contributed by atoms with Crippen LogP contribution < -0.4 is 10.6 Å². The number of nitrogens with one attached hydrogen (secondary N) is 2. The molecular weight excluding hydrogens is 363 g/mol. The molecule has 0 radical (unpaired) electrons. The van der Waals surface area contributed by atoms with Crippen LogP contribution >= 0.6 is 46.3 Å². The second kappa shape index (κ2) is 6.78. The van der Waals surface area contributed by atoms with Crippen molar-refractivity contribution in [3.8, 4) is 0 Å². The molecule has 0 atom stereocenters. The number of nitrogens with zero attached hydrogens (tertiary/aromatic N) is 2. The van der Waals surface area contributed by atoms with Crippen LogP contribution in [0.5, 0.6) is 0 Å². The van der Waals surface area contributed by atoms with Gasteiger partial charge in [0.15, 0.2) is 5.69 Å². The molecule has 0 saturated carbocycles. The van der Waals surface area contributed by atoms with Gasteiger partial charge in [0, 0.05) is 18.5 Å². The van der Waals surface area contributed by atoms with Crippen molar-refractivity contribution in [2.24, 2.45) is 0 Å². The van der Waals surface area contributed by atoms with E-state index in [0.29, 0.717) is 17.4 Å². The van der Waals surface area contributed by atoms with Gasteiger partial charge in [0.05, 0.1) is 4.70 Å². The zero-order valence-electron chi connectivity index (χ0n) is 11.1. The standard InChI is InChI=1S/C13H10Cl2N4OS2/c14-9-10(18-22-11(9)15)13(20)17-6-5-16-12-7-3-1-2-4-8(7)21-19-12/h1-4H,5-6H2,(H,16,19)(H,17,20). The predicted octanol–water partition coefficient (Wildman–Crippen LogP) is 3.90. The Labute approximate surface area is 144 Å². The number of benzene rings is 1. The van der Waals surface area contributed by atoms with E-state index in [1.54, 1.807) is 0 Å². The van der Waals surface area contributed by atoms with Crippen LogP contribution in [0, 0.1) is 0 Å². The number of carbonyl (C=O) groups is 1. The van der Waals surface area contributed by atoms with Gasteiger partial charge in [0.25, 0.3) is 5.91 Å². The lowest BCUT2D eigenvalue weighted by atomic mass is 10.2. The maximum atomic E-state index is 11.9. The maximum Gasteiger partial charge on any atom is 0.272 e. The number of carbonyl (C=O) groups excluding carboxylic acids is 1. The Kier molecular flexibility index (Phi) is 4.77. The van der Waals surface area contributed by atoms with E-state index < -0.39 is 0 Å². The molecule has 5 nitrogen and oxygen atoms in total. The Bertz CT molecular complexity index is 817. The topological polar surface area (TPSA) is 66.9 Å². The van der Waals surface area contributed by atoms with Crippen LogP contribution in [0.1, 0.15) is 10.5 Å². The number of hydrogen-bond acceptors (Lipinski definition) is 6. The number of halogens is 2. The molecule has 9 heteroatoms. The van der Waals surface area contributed by atoms with Gasteiger partial charge in [0.1, 0.15) is 15.2 Å². The molecule has 3 rings (SSSR count). The molecule has 0 saturated heterocycles. The molecule has 0 fully saturated rings. The molecular formula is C13H10Cl2N4OS2. The van der Waals surface area contributed by atoms with Crippen LogP contribution in [0.3, 0.4) is 0 Å². The van der Waals surface area contributed by atoms with Crippen LogP contribution in [0.15, 0.2) is 24.3 Å². The van der Waals surface area contributed by atoms with Gasteiger partial charge >= 0.3 is 0 Å². The van der Waals surface area contributed by atoms with Crippen molar-refractivity contribution in [3.63, 3.8) is 0 Å². The van der Waals surface area contributed by atoms with Crippen molar-refractivity contribution in [1.82, 2.24) is 14.1 Å². The molecule has 2 aromatic heterocycles. The smallest absolute Gasteiger partial charge is 0.272 e. The van der Waals surface area contributed by atoms with Gasteiger partial charge in [-0.15, -0.1) is 0 Å². The fourth-order valence-electron chi connectivity index (χ4n) is 1.85. The van der Waals surface area contributed by atoms with Crippen molar-refractivity contribution in [2.45, 2.75) is 0 Å². The van der Waals surface area contributed by atoms with Crippen LogP contribution in [0.4, 0.5) is 5.82 Å². The molecule has 0 aliphatic carbocycles. The molecule has 0 aliphatic heterocycles. The van der Waals surface area contributed by atoms with Crippen molar-refractivity contribution >= 4 is 68.1 Å². The second-order valence-corrected chi connectivity index (χ2v) is 6.89. The van der Waals surface area contributed by atoms with Crippen molar-refractivity contribution < 1.29 is 4.79 Å². The highest BCUT2D eigenvalue weighted by atomic mass is 35.5. The summed E-state index contributed by atoms with van der Waals surface area (Å²) in [5, 5.41) is 7.21. The number of fused-ring (bicyclic) bond motifs is 1. The lowest BCUT2D eigenvalue weighted by molar-refractivity contribution is 0.0951. The van der Waals surface area contributed by atoms with E-state index in [-0.39, 0.29) is 16.6 Å². The number of aromatic nitrogens is 2. The second-order valence-electron chi connectivity index (χ2n) is 4.33.